The lowest BCUT2D eigenvalue weighted by atomic mass is 10.4. The first-order valence-electron chi connectivity index (χ1n) is 5.92. The highest BCUT2D eigenvalue weighted by Gasteiger charge is 1.96. The van der Waals surface area contributed by atoms with E-state index in [0.29, 0.717) is 19.7 Å². The van der Waals surface area contributed by atoms with Gasteiger partial charge in [0.25, 0.3) is 0 Å². The van der Waals surface area contributed by atoms with E-state index in [4.69, 9.17) is 4.74 Å². The van der Waals surface area contributed by atoms with E-state index in [1.54, 1.807) is 32.4 Å². The Hall–Kier alpha value is -1.15. The molecule has 5 nitrogen and oxygen atoms in total. The largest absolute Gasteiger partial charge is 0.491 e. The number of ether oxygens (including phenoxy) is 1. The smallest absolute Gasteiger partial charge is 0.245 e. The molecule has 0 aliphatic rings. The summed E-state index contributed by atoms with van der Waals surface area (Å²) in [5.74, 6) is 0.753. The van der Waals surface area contributed by atoms with Crippen molar-refractivity contribution in [1.29, 1.82) is 0 Å². The second-order valence-corrected chi connectivity index (χ2v) is 5.11. The van der Waals surface area contributed by atoms with Crippen molar-refractivity contribution in [1.82, 2.24) is 15.2 Å². The van der Waals surface area contributed by atoms with Gasteiger partial charge in [0.15, 0.2) is 0 Å². The Kier molecular flexibility index (Phi) is 7.42. The van der Waals surface area contributed by atoms with Crippen molar-refractivity contribution in [3.63, 3.8) is 0 Å². The molecule has 19 heavy (non-hydrogen) atoms. The molecule has 0 unspecified atom stereocenters. The molecule has 0 aromatic carbocycles. The van der Waals surface area contributed by atoms with Gasteiger partial charge in [-0.3, -0.25) is 4.79 Å². The van der Waals surface area contributed by atoms with Crippen LogP contribution in [0, 0.1) is 3.70 Å². The van der Waals surface area contributed by atoms with E-state index in [0.717, 1.165) is 9.45 Å². The molecule has 1 aromatic rings. The third kappa shape index (κ3) is 7.12. The fraction of sp³-hybridized carbons (Fsp3) is 0.385. The van der Waals surface area contributed by atoms with Gasteiger partial charge in [-0.2, -0.15) is 0 Å². The number of likely N-dealkylation sites (N-methyl/N-ethyl adjacent to an activating group) is 1. The first kappa shape index (κ1) is 15.9. The minimum Gasteiger partial charge on any atom is -0.491 e. The summed E-state index contributed by atoms with van der Waals surface area (Å²) in [4.78, 5) is 16.9. The molecule has 0 aliphatic carbocycles. The van der Waals surface area contributed by atoms with Crippen LogP contribution < -0.4 is 10.1 Å². The number of carbonyl (C=O) groups is 1. The monoisotopic (exact) mass is 375 g/mol. The number of amides is 1. The normalized spacial score (nSPS) is 10.7. The molecule has 104 valence electrons. The lowest BCUT2D eigenvalue weighted by molar-refractivity contribution is -0.123. The molecule has 0 saturated heterocycles. The summed E-state index contributed by atoms with van der Waals surface area (Å²) in [5, 5.41) is 3.16. The van der Waals surface area contributed by atoms with Gasteiger partial charge in [-0.25, -0.2) is 4.98 Å². The number of halogens is 1. The molecule has 0 spiro atoms. The van der Waals surface area contributed by atoms with Gasteiger partial charge in [0.05, 0.1) is 6.20 Å². The molecule has 0 radical (unpaired) electrons. The lowest BCUT2D eigenvalue weighted by Gasteiger charge is -2.06. The van der Waals surface area contributed by atoms with Gasteiger partial charge in [0.1, 0.15) is 16.1 Å². The zero-order chi connectivity index (χ0) is 14.1. The molecule has 1 rings (SSSR count). The van der Waals surface area contributed by atoms with Crippen molar-refractivity contribution < 1.29 is 9.53 Å². The molecular weight excluding hydrogens is 357 g/mol. The summed E-state index contributed by atoms with van der Waals surface area (Å²) in [6, 6.07) is 3.79. The maximum atomic E-state index is 11.2. The maximum Gasteiger partial charge on any atom is 0.245 e. The van der Waals surface area contributed by atoms with Crippen LogP contribution in [0.4, 0.5) is 0 Å². The predicted octanol–water partition coefficient (Wildman–Crippen LogP) is 1.30. The van der Waals surface area contributed by atoms with Crippen molar-refractivity contribution in [2.45, 2.75) is 0 Å². The Morgan fingerprint density at radius 1 is 1.53 bits per heavy atom. The number of aromatic nitrogens is 1. The van der Waals surface area contributed by atoms with E-state index >= 15 is 0 Å². The number of nitrogens with one attached hydrogen (secondary N) is 1. The Morgan fingerprint density at radius 3 is 2.95 bits per heavy atom. The highest BCUT2D eigenvalue weighted by atomic mass is 127. The standard InChI is InChI=1S/C13H18IN3O2/c1-17(2)13(18)4-3-7-15-8-9-19-11-5-6-12(14)16-10-11/h3-6,10,15H,7-9H2,1-2H3/b4-3+. The van der Waals surface area contributed by atoms with Crippen LogP contribution in [0.1, 0.15) is 0 Å². The van der Waals surface area contributed by atoms with Crippen LogP contribution in [0.15, 0.2) is 30.5 Å². The summed E-state index contributed by atoms with van der Waals surface area (Å²) in [5.41, 5.74) is 0. The number of rotatable bonds is 7. The Bertz CT molecular complexity index is 418. The van der Waals surface area contributed by atoms with Crippen LogP contribution in [0.5, 0.6) is 5.75 Å². The summed E-state index contributed by atoms with van der Waals surface area (Å²) >= 11 is 2.15. The van der Waals surface area contributed by atoms with Crippen LogP contribution in [-0.4, -0.2) is 49.6 Å². The van der Waals surface area contributed by atoms with E-state index < -0.39 is 0 Å². The molecule has 0 fully saturated rings. The molecule has 6 heteroatoms. The number of carbonyl (C=O) groups excluding carboxylic acids is 1. The van der Waals surface area contributed by atoms with Gasteiger partial charge in [0.2, 0.25) is 5.91 Å². The third-order valence-corrected chi connectivity index (χ3v) is 2.85. The maximum absolute atomic E-state index is 11.2. The number of hydrogen-bond acceptors (Lipinski definition) is 4. The van der Waals surface area contributed by atoms with Crippen molar-refractivity contribution in [2.75, 3.05) is 33.8 Å². The molecule has 1 aromatic heterocycles. The fourth-order valence-electron chi connectivity index (χ4n) is 1.18. The highest BCUT2D eigenvalue weighted by Crippen LogP contribution is 2.09. The van der Waals surface area contributed by atoms with Crippen LogP contribution >= 0.6 is 22.6 Å². The predicted molar refractivity (Wildman–Crippen MR) is 83.2 cm³/mol. The van der Waals surface area contributed by atoms with Gasteiger partial charge >= 0.3 is 0 Å². The second kappa shape index (κ2) is 8.87. The average molecular weight is 375 g/mol. The minimum absolute atomic E-state index is 0.0111. The van der Waals surface area contributed by atoms with Gasteiger partial charge in [-0.1, -0.05) is 6.08 Å². The van der Waals surface area contributed by atoms with Crippen molar-refractivity contribution in [3.8, 4) is 5.75 Å². The average Bonchev–Trinajstić information content (AvgIpc) is 2.39. The van der Waals surface area contributed by atoms with E-state index in [2.05, 4.69) is 32.9 Å². The van der Waals surface area contributed by atoms with Crippen LogP contribution in [0.25, 0.3) is 0 Å². The summed E-state index contributed by atoms with van der Waals surface area (Å²) in [6.07, 6.45) is 5.06. The van der Waals surface area contributed by atoms with E-state index in [1.165, 1.54) is 4.90 Å². The Labute approximate surface area is 127 Å². The van der Waals surface area contributed by atoms with E-state index in [9.17, 15) is 4.79 Å². The van der Waals surface area contributed by atoms with Gasteiger partial charge in [-0.15, -0.1) is 0 Å². The van der Waals surface area contributed by atoms with E-state index in [-0.39, 0.29) is 5.91 Å². The van der Waals surface area contributed by atoms with Crippen molar-refractivity contribution in [2.24, 2.45) is 0 Å². The zero-order valence-electron chi connectivity index (χ0n) is 11.1. The van der Waals surface area contributed by atoms with Crippen molar-refractivity contribution in [3.05, 3.63) is 34.2 Å². The molecule has 0 aliphatic heterocycles. The van der Waals surface area contributed by atoms with Crippen LogP contribution in [0.3, 0.4) is 0 Å². The molecule has 1 heterocycles. The zero-order valence-corrected chi connectivity index (χ0v) is 13.3. The third-order valence-electron chi connectivity index (χ3n) is 2.21. The molecule has 1 N–H and O–H groups in total. The molecule has 0 saturated carbocycles. The van der Waals surface area contributed by atoms with Crippen molar-refractivity contribution >= 4 is 28.5 Å². The molecule has 0 bridgehead atoms. The van der Waals surface area contributed by atoms with Gasteiger partial charge in [0, 0.05) is 33.3 Å². The van der Waals surface area contributed by atoms with E-state index in [1.807, 2.05) is 12.1 Å². The summed E-state index contributed by atoms with van der Waals surface area (Å²) in [6.45, 7) is 1.93. The lowest BCUT2D eigenvalue weighted by Crippen LogP contribution is -2.22. The number of hydrogen-bond donors (Lipinski definition) is 1. The van der Waals surface area contributed by atoms with Gasteiger partial charge < -0.3 is 15.0 Å². The topological polar surface area (TPSA) is 54.5 Å². The quantitative estimate of drug-likeness (QED) is 0.338. The molecule has 1 amide bonds. The van der Waals surface area contributed by atoms with Gasteiger partial charge in [-0.05, 0) is 34.7 Å². The second-order valence-electron chi connectivity index (χ2n) is 4.00. The van der Waals surface area contributed by atoms with Crippen LogP contribution in [-0.2, 0) is 4.79 Å². The Morgan fingerprint density at radius 2 is 2.32 bits per heavy atom. The van der Waals surface area contributed by atoms with Crippen LogP contribution in [0.2, 0.25) is 0 Å². The summed E-state index contributed by atoms with van der Waals surface area (Å²) < 4.78 is 6.44. The number of nitrogens with zero attached hydrogens (tertiary/aromatic N) is 2. The fourth-order valence-corrected chi connectivity index (χ4v) is 1.50. The Balaban J connectivity index is 2.08. The highest BCUT2D eigenvalue weighted by molar-refractivity contribution is 14.1. The molecular formula is C13H18IN3O2. The first-order valence-corrected chi connectivity index (χ1v) is 7.00. The SMILES string of the molecule is CN(C)C(=O)/C=C/CNCCOc1ccc(I)nc1. The first-order chi connectivity index (χ1) is 9.09. The molecule has 0 atom stereocenters. The summed E-state index contributed by atoms with van der Waals surface area (Å²) in [7, 11) is 3.45. The number of pyridine rings is 1. The minimum atomic E-state index is -0.0111.